The van der Waals surface area contributed by atoms with Crippen LogP contribution in [0.1, 0.15) is 37.7 Å². The summed E-state index contributed by atoms with van der Waals surface area (Å²) in [5.74, 6) is -0.117. The molecule has 0 saturated carbocycles. The molecule has 0 radical (unpaired) electrons. The fourth-order valence-electron chi connectivity index (χ4n) is 4.54. The molecule has 1 amide bonds. The van der Waals surface area contributed by atoms with Crippen LogP contribution in [-0.4, -0.2) is 62.3 Å². The monoisotopic (exact) mass is 506 g/mol. The van der Waals surface area contributed by atoms with E-state index in [1.807, 2.05) is 6.07 Å². The fourth-order valence-corrected chi connectivity index (χ4v) is 6.06. The van der Waals surface area contributed by atoms with Crippen molar-refractivity contribution in [1.82, 2.24) is 14.5 Å². The van der Waals surface area contributed by atoms with Crippen molar-refractivity contribution in [3.63, 3.8) is 0 Å². The van der Waals surface area contributed by atoms with Crippen molar-refractivity contribution in [2.24, 2.45) is 0 Å². The van der Waals surface area contributed by atoms with Gasteiger partial charge in [0.1, 0.15) is 0 Å². The Morgan fingerprint density at radius 3 is 2.18 bits per heavy atom. The van der Waals surface area contributed by atoms with Crippen LogP contribution in [0.5, 0.6) is 0 Å². The number of carbonyl (C=O) groups is 1. The number of carbonyl (C=O) groups excluding carboxylic acids is 1. The molecule has 9 heteroatoms. The highest BCUT2D eigenvalue weighted by Gasteiger charge is 2.25. The molecule has 4 rings (SSSR count). The molecule has 2 N–H and O–H groups in total. The number of hydrogen-bond acceptors (Lipinski definition) is 5. The molecule has 2 fully saturated rings. The third-order valence-electron chi connectivity index (χ3n) is 6.48. The maximum absolute atomic E-state index is 12.7. The van der Waals surface area contributed by atoms with Crippen molar-refractivity contribution in [1.29, 1.82) is 0 Å². The average Bonchev–Trinajstić information content (AvgIpc) is 2.85. The highest BCUT2D eigenvalue weighted by atomic mass is 35.5. The van der Waals surface area contributed by atoms with E-state index in [0.29, 0.717) is 24.8 Å². The zero-order valence-electron chi connectivity index (χ0n) is 19.5. The molecule has 2 aromatic rings. The Morgan fingerprint density at radius 1 is 0.882 bits per heavy atom. The van der Waals surface area contributed by atoms with E-state index in [1.54, 1.807) is 28.6 Å². The van der Waals surface area contributed by atoms with Gasteiger partial charge in [-0.3, -0.25) is 9.69 Å². The standard InChI is InChI=1S/C25H34N4O3S.ClH/c30-25(19-26-22-13-17-28(18-14-22)20-21-7-3-1-4-8-21)27-23-9-11-24(12-10-23)33(31,32)29-15-5-2-6-16-29;/h1,3-4,7-12,22,26H,2,5-6,13-20H2,(H,27,30);1H. The number of benzene rings is 2. The molecule has 2 heterocycles. The lowest BCUT2D eigenvalue weighted by Crippen LogP contribution is -2.44. The topological polar surface area (TPSA) is 81.8 Å². The molecule has 7 nitrogen and oxygen atoms in total. The Morgan fingerprint density at radius 2 is 1.53 bits per heavy atom. The lowest BCUT2D eigenvalue weighted by molar-refractivity contribution is -0.115. The summed E-state index contributed by atoms with van der Waals surface area (Å²) < 4.78 is 27.1. The van der Waals surface area contributed by atoms with Gasteiger partial charge >= 0.3 is 0 Å². The third kappa shape index (κ3) is 7.26. The first-order valence-electron chi connectivity index (χ1n) is 11.9. The second kappa shape index (κ2) is 12.7. The lowest BCUT2D eigenvalue weighted by atomic mass is 10.0. The molecule has 2 aromatic carbocycles. The molecular weight excluding hydrogens is 472 g/mol. The molecule has 0 atom stereocenters. The van der Waals surface area contributed by atoms with Crippen LogP contribution in [0.3, 0.4) is 0 Å². The van der Waals surface area contributed by atoms with E-state index >= 15 is 0 Å². The Labute approximate surface area is 209 Å². The summed E-state index contributed by atoms with van der Waals surface area (Å²) in [6.45, 7) is 4.41. The quantitative estimate of drug-likeness (QED) is 0.573. The summed E-state index contributed by atoms with van der Waals surface area (Å²) in [7, 11) is -3.45. The van der Waals surface area contributed by atoms with Gasteiger partial charge in [-0.05, 0) is 68.6 Å². The Balaban J connectivity index is 0.00000324. The summed E-state index contributed by atoms with van der Waals surface area (Å²) in [5, 5.41) is 6.22. The van der Waals surface area contributed by atoms with Gasteiger partial charge in [0.05, 0.1) is 11.4 Å². The number of sulfonamides is 1. The molecule has 0 aliphatic carbocycles. The molecular formula is C25H35ClN4O3S. The predicted molar refractivity (Wildman–Crippen MR) is 138 cm³/mol. The van der Waals surface area contributed by atoms with E-state index in [2.05, 4.69) is 39.8 Å². The minimum absolute atomic E-state index is 0. The molecule has 0 spiro atoms. The van der Waals surface area contributed by atoms with Crippen LogP contribution in [0.4, 0.5) is 5.69 Å². The summed E-state index contributed by atoms with van der Waals surface area (Å²) in [6.07, 6.45) is 4.93. The number of nitrogens with zero attached hydrogens (tertiary/aromatic N) is 2. The van der Waals surface area contributed by atoms with Crippen LogP contribution in [0.2, 0.25) is 0 Å². The fraction of sp³-hybridized carbons (Fsp3) is 0.480. The second-order valence-electron chi connectivity index (χ2n) is 8.95. The number of anilines is 1. The summed E-state index contributed by atoms with van der Waals surface area (Å²) in [6, 6.07) is 17.3. The van der Waals surface area contributed by atoms with Gasteiger partial charge in [0.25, 0.3) is 0 Å². The molecule has 2 aliphatic rings. The summed E-state index contributed by atoms with van der Waals surface area (Å²) in [5.41, 5.74) is 1.94. The zero-order chi connectivity index (χ0) is 23.1. The molecule has 0 aromatic heterocycles. The van der Waals surface area contributed by atoms with Gasteiger partial charge in [-0.25, -0.2) is 8.42 Å². The van der Waals surface area contributed by atoms with Crippen LogP contribution in [0.15, 0.2) is 59.5 Å². The van der Waals surface area contributed by atoms with E-state index in [0.717, 1.165) is 51.7 Å². The second-order valence-corrected chi connectivity index (χ2v) is 10.9. The number of amides is 1. The van der Waals surface area contributed by atoms with Gasteiger partial charge in [-0.1, -0.05) is 36.8 Å². The average molecular weight is 507 g/mol. The van der Waals surface area contributed by atoms with E-state index < -0.39 is 10.0 Å². The first-order valence-corrected chi connectivity index (χ1v) is 13.3. The number of likely N-dealkylation sites (tertiary alicyclic amines) is 1. The van der Waals surface area contributed by atoms with Crippen molar-refractivity contribution < 1.29 is 13.2 Å². The van der Waals surface area contributed by atoms with Crippen molar-refractivity contribution in [3.05, 3.63) is 60.2 Å². The maximum atomic E-state index is 12.7. The SMILES string of the molecule is Cl.O=C(CNC1CCN(Cc2ccccc2)CC1)Nc1ccc(S(=O)(=O)N2CCCCC2)cc1. The highest BCUT2D eigenvalue weighted by Crippen LogP contribution is 2.22. The van der Waals surface area contributed by atoms with Crippen molar-refractivity contribution in [3.8, 4) is 0 Å². The molecule has 0 bridgehead atoms. The smallest absolute Gasteiger partial charge is 0.243 e. The van der Waals surface area contributed by atoms with Gasteiger partial charge in [-0.2, -0.15) is 4.31 Å². The van der Waals surface area contributed by atoms with E-state index in [-0.39, 0.29) is 29.8 Å². The van der Waals surface area contributed by atoms with Crippen molar-refractivity contribution in [2.75, 3.05) is 38.0 Å². The van der Waals surface area contributed by atoms with Gasteiger partial charge < -0.3 is 10.6 Å². The maximum Gasteiger partial charge on any atom is 0.243 e. The first-order chi connectivity index (χ1) is 16.0. The van der Waals surface area contributed by atoms with Crippen molar-refractivity contribution >= 4 is 34.0 Å². The Bertz CT molecular complexity index is 1000. The van der Waals surface area contributed by atoms with Crippen LogP contribution in [-0.2, 0) is 21.4 Å². The minimum atomic E-state index is -3.45. The molecule has 186 valence electrons. The summed E-state index contributed by atoms with van der Waals surface area (Å²) >= 11 is 0. The van der Waals surface area contributed by atoms with E-state index in [9.17, 15) is 13.2 Å². The van der Waals surface area contributed by atoms with Crippen LogP contribution < -0.4 is 10.6 Å². The molecule has 0 unspecified atom stereocenters. The number of rotatable bonds is 8. The molecule has 2 aliphatic heterocycles. The number of hydrogen-bond donors (Lipinski definition) is 2. The zero-order valence-corrected chi connectivity index (χ0v) is 21.1. The number of piperidine rings is 2. The minimum Gasteiger partial charge on any atom is -0.325 e. The van der Waals surface area contributed by atoms with Crippen molar-refractivity contribution in [2.45, 2.75) is 49.6 Å². The highest BCUT2D eigenvalue weighted by molar-refractivity contribution is 7.89. The normalized spacial score (nSPS) is 18.2. The summed E-state index contributed by atoms with van der Waals surface area (Å²) in [4.78, 5) is 15.1. The van der Waals surface area contributed by atoms with Gasteiger partial charge in [0.15, 0.2) is 0 Å². The van der Waals surface area contributed by atoms with Crippen LogP contribution in [0.25, 0.3) is 0 Å². The number of nitrogens with one attached hydrogen (secondary N) is 2. The van der Waals surface area contributed by atoms with E-state index in [4.69, 9.17) is 0 Å². The van der Waals surface area contributed by atoms with Gasteiger partial charge in [0.2, 0.25) is 15.9 Å². The van der Waals surface area contributed by atoms with Gasteiger partial charge in [0, 0.05) is 31.4 Å². The molecule has 2 saturated heterocycles. The Kier molecular flexibility index (Phi) is 9.91. The molecule has 34 heavy (non-hydrogen) atoms. The third-order valence-corrected chi connectivity index (χ3v) is 8.39. The van der Waals surface area contributed by atoms with Crippen LogP contribution in [0, 0.1) is 0 Å². The lowest BCUT2D eigenvalue weighted by Gasteiger charge is -2.32. The predicted octanol–water partition coefficient (Wildman–Crippen LogP) is 3.48. The van der Waals surface area contributed by atoms with Gasteiger partial charge in [-0.15, -0.1) is 12.4 Å². The van der Waals surface area contributed by atoms with Crippen LogP contribution >= 0.6 is 12.4 Å². The number of halogens is 1. The first kappa shape index (κ1) is 26.6. The Hall–Kier alpha value is -1.97. The largest absolute Gasteiger partial charge is 0.325 e. The van der Waals surface area contributed by atoms with E-state index in [1.165, 1.54) is 5.56 Å².